The summed E-state index contributed by atoms with van der Waals surface area (Å²) in [7, 11) is 3.09. The molecule has 0 aliphatic carbocycles. The molecular formula is C14H15N3O3. The highest BCUT2D eigenvalue weighted by Gasteiger charge is 2.09. The second kappa shape index (κ2) is 6.01. The maximum absolute atomic E-state index is 12.0. The van der Waals surface area contributed by atoms with E-state index in [1.54, 1.807) is 32.2 Å². The molecule has 1 aromatic carbocycles. The normalized spacial score (nSPS) is 9.95. The SMILES string of the molecule is COc1ccc(NC(=O)c2cnc(C)nc2)cc1OC. The van der Waals surface area contributed by atoms with E-state index in [1.807, 2.05) is 0 Å². The predicted molar refractivity (Wildman–Crippen MR) is 74.3 cm³/mol. The molecule has 104 valence electrons. The average Bonchev–Trinajstić information content (AvgIpc) is 2.47. The molecule has 0 aliphatic rings. The summed E-state index contributed by atoms with van der Waals surface area (Å²) in [4.78, 5) is 20.0. The van der Waals surface area contributed by atoms with E-state index in [0.717, 1.165) is 0 Å². The van der Waals surface area contributed by atoms with Crippen molar-refractivity contribution in [2.45, 2.75) is 6.92 Å². The Balaban J connectivity index is 2.17. The molecule has 0 bridgehead atoms. The van der Waals surface area contributed by atoms with Crippen LogP contribution in [0.4, 0.5) is 5.69 Å². The number of carbonyl (C=O) groups is 1. The van der Waals surface area contributed by atoms with Crippen LogP contribution in [0.5, 0.6) is 11.5 Å². The molecule has 6 heteroatoms. The Kier molecular flexibility index (Phi) is 4.14. The van der Waals surface area contributed by atoms with Gasteiger partial charge in [0.05, 0.1) is 19.8 Å². The maximum atomic E-state index is 12.0. The van der Waals surface area contributed by atoms with E-state index in [9.17, 15) is 4.79 Å². The third kappa shape index (κ3) is 3.03. The van der Waals surface area contributed by atoms with Crippen LogP contribution in [0.15, 0.2) is 30.6 Å². The smallest absolute Gasteiger partial charge is 0.258 e. The van der Waals surface area contributed by atoms with E-state index in [1.165, 1.54) is 19.5 Å². The number of nitrogens with one attached hydrogen (secondary N) is 1. The van der Waals surface area contributed by atoms with E-state index < -0.39 is 0 Å². The van der Waals surface area contributed by atoms with Crippen LogP contribution in [-0.4, -0.2) is 30.1 Å². The zero-order chi connectivity index (χ0) is 14.5. The van der Waals surface area contributed by atoms with Crippen molar-refractivity contribution >= 4 is 11.6 Å². The number of hydrogen-bond acceptors (Lipinski definition) is 5. The zero-order valence-corrected chi connectivity index (χ0v) is 11.5. The van der Waals surface area contributed by atoms with E-state index in [0.29, 0.717) is 28.6 Å². The minimum Gasteiger partial charge on any atom is -0.493 e. The highest BCUT2D eigenvalue weighted by Crippen LogP contribution is 2.29. The third-order valence-electron chi connectivity index (χ3n) is 2.68. The molecule has 1 amide bonds. The molecule has 0 fully saturated rings. The number of amides is 1. The molecule has 0 atom stereocenters. The van der Waals surface area contributed by atoms with Crippen molar-refractivity contribution in [2.75, 3.05) is 19.5 Å². The quantitative estimate of drug-likeness (QED) is 0.923. The van der Waals surface area contributed by atoms with Crippen molar-refractivity contribution in [3.8, 4) is 11.5 Å². The molecule has 1 aromatic heterocycles. The van der Waals surface area contributed by atoms with Gasteiger partial charge in [0, 0.05) is 24.1 Å². The fourth-order valence-corrected chi connectivity index (χ4v) is 1.63. The van der Waals surface area contributed by atoms with Gasteiger partial charge < -0.3 is 14.8 Å². The number of aryl methyl sites for hydroxylation is 1. The highest BCUT2D eigenvalue weighted by atomic mass is 16.5. The van der Waals surface area contributed by atoms with Crippen LogP contribution in [0.1, 0.15) is 16.2 Å². The summed E-state index contributed by atoms with van der Waals surface area (Å²) < 4.78 is 10.3. The van der Waals surface area contributed by atoms with Crippen molar-refractivity contribution in [1.82, 2.24) is 9.97 Å². The van der Waals surface area contributed by atoms with Gasteiger partial charge in [-0.25, -0.2) is 9.97 Å². The number of aromatic nitrogens is 2. The monoisotopic (exact) mass is 273 g/mol. The molecule has 2 aromatic rings. The van der Waals surface area contributed by atoms with Crippen molar-refractivity contribution in [1.29, 1.82) is 0 Å². The summed E-state index contributed by atoms with van der Waals surface area (Å²) in [5, 5.41) is 2.75. The van der Waals surface area contributed by atoms with E-state index >= 15 is 0 Å². The van der Waals surface area contributed by atoms with Crippen LogP contribution in [0.2, 0.25) is 0 Å². The number of methoxy groups -OCH3 is 2. The lowest BCUT2D eigenvalue weighted by Gasteiger charge is -2.10. The number of ether oxygens (including phenoxy) is 2. The van der Waals surface area contributed by atoms with E-state index in [4.69, 9.17) is 9.47 Å². The van der Waals surface area contributed by atoms with Crippen LogP contribution in [0.3, 0.4) is 0 Å². The first-order valence-electron chi connectivity index (χ1n) is 5.96. The largest absolute Gasteiger partial charge is 0.493 e. The Labute approximate surface area is 116 Å². The van der Waals surface area contributed by atoms with E-state index in [2.05, 4.69) is 15.3 Å². The third-order valence-corrected chi connectivity index (χ3v) is 2.68. The number of carbonyl (C=O) groups excluding carboxylic acids is 1. The van der Waals surface area contributed by atoms with Crippen LogP contribution in [-0.2, 0) is 0 Å². The summed E-state index contributed by atoms with van der Waals surface area (Å²) in [5.41, 5.74) is 0.999. The summed E-state index contributed by atoms with van der Waals surface area (Å²) in [6, 6.07) is 5.14. The molecule has 20 heavy (non-hydrogen) atoms. The van der Waals surface area contributed by atoms with E-state index in [-0.39, 0.29) is 5.91 Å². The molecule has 1 N–H and O–H groups in total. The Hall–Kier alpha value is -2.63. The lowest BCUT2D eigenvalue weighted by Crippen LogP contribution is -2.13. The van der Waals surface area contributed by atoms with Crippen molar-refractivity contribution in [2.24, 2.45) is 0 Å². The van der Waals surface area contributed by atoms with Crippen LogP contribution < -0.4 is 14.8 Å². The van der Waals surface area contributed by atoms with Crippen molar-refractivity contribution in [3.05, 3.63) is 42.0 Å². The van der Waals surface area contributed by atoms with Gasteiger partial charge in [0.1, 0.15) is 5.82 Å². The summed E-state index contributed by atoms with van der Waals surface area (Å²) in [5.74, 6) is 1.49. The molecule has 1 heterocycles. The Morgan fingerprint density at radius 3 is 2.35 bits per heavy atom. The van der Waals surface area contributed by atoms with Gasteiger partial charge in [-0.2, -0.15) is 0 Å². The standard InChI is InChI=1S/C14H15N3O3/c1-9-15-7-10(8-16-9)14(18)17-11-4-5-12(19-2)13(6-11)20-3/h4-8H,1-3H3,(H,17,18). The summed E-state index contributed by atoms with van der Waals surface area (Å²) in [6.07, 6.45) is 2.97. The van der Waals surface area contributed by atoms with Gasteiger partial charge in [0.25, 0.3) is 5.91 Å². The van der Waals surface area contributed by atoms with Crippen LogP contribution in [0, 0.1) is 6.92 Å². The number of benzene rings is 1. The molecule has 0 saturated carbocycles. The van der Waals surface area contributed by atoms with Gasteiger partial charge in [-0.15, -0.1) is 0 Å². The Morgan fingerprint density at radius 1 is 1.10 bits per heavy atom. The van der Waals surface area contributed by atoms with Gasteiger partial charge in [0.2, 0.25) is 0 Å². The fraction of sp³-hybridized carbons (Fsp3) is 0.214. The van der Waals surface area contributed by atoms with Crippen LogP contribution in [0.25, 0.3) is 0 Å². The molecular weight excluding hydrogens is 258 g/mol. The van der Waals surface area contributed by atoms with Gasteiger partial charge in [0.15, 0.2) is 11.5 Å². The second-order valence-corrected chi connectivity index (χ2v) is 4.04. The molecule has 0 saturated heterocycles. The van der Waals surface area contributed by atoms with Gasteiger partial charge >= 0.3 is 0 Å². The molecule has 6 nitrogen and oxygen atoms in total. The first kappa shape index (κ1) is 13.8. The Bertz CT molecular complexity index is 612. The summed E-state index contributed by atoms with van der Waals surface area (Å²) in [6.45, 7) is 1.76. The predicted octanol–water partition coefficient (Wildman–Crippen LogP) is 2.05. The fourth-order valence-electron chi connectivity index (χ4n) is 1.63. The topological polar surface area (TPSA) is 73.3 Å². The highest BCUT2D eigenvalue weighted by molar-refractivity contribution is 6.04. The maximum Gasteiger partial charge on any atom is 0.258 e. The minimum absolute atomic E-state index is 0.280. The Morgan fingerprint density at radius 2 is 1.75 bits per heavy atom. The molecule has 0 unspecified atom stereocenters. The number of anilines is 1. The molecule has 0 aliphatic heterocycles. The molecule has 2 rings (SSSR count). The van der Waals surface area contributed by atoms with Gasteiger partial charge in [-0.1, -0.05) is 0 Å². The van der Waals surface area contributed by atoms with Crippen molar-refractivity contribution in [3.63, 3.8) is 0 Å². The number of nitrogens with zero attached hydrogens (tertiary/aromatic N) is 2. The number of hydrogen-bond donors (Lipinski definition) is 1. The lowest BCUT2D eigenvalue weighted by atomic mass is 10.2. The first-order valence-corrected chi connectivity index (χ1v) is 5.96. The molecule has 0 spiro atoms. The first-order chi connectivity index (χ1) is 9.63. The zero-order valence-electron chi connectivity index (χ0n) is 11.5. The van der Waals surface area contributed by atoms with Gasteiger partial charge in [-0.05, 0) is 19.1 Å². The van der Waals surface area contributed by atoms with Gasteiger partial charge in [-0.3, -0.25) is 4.79 Å². The second-order valence-electron chi connectivity index (χ2n) is 4.04. The number of rotatable bonds is 4. The molecule has 0 radical (unpaired) electrons. The van der Waals surface area contributed by atoms with Crippen LogP contribution >= 0.6 is 0 Å². The average molecular weight is 273 g/mol. The lowest BCUT2D eigenvalue weighted by molar-refractivity contribution is 0.102. The van der Waals surface area contributed by atoms with Crippen molar-refractivity contribution < 1.29 is 14.3 Å². The summed E-state index contributed by atoms with van der Waals surface area (Å²) >= 11 is 0. The minimum atomic E-state index is -0.280.